The summed E-state index contributed by atoms with van der Waals surface area (Å²) in [5, 5.41) is 12.6. The molecule has 124 valence electrons. The van der Waals surface area contributed by atoms with E-state index in [1.807, 2.05) is 4.68 Å². The van der Waals surface area contributed by atoms with Crippen LogP contribution in [0, 0.1) is 5.92 Å². The smallest absolute Gasteiger partial charge is 0.168 e. The highest BCUT2D eigenvalue weighted by molar-refractivity contribution is 5.14. The molecular weight excluding hydrogens is 286 g/mol. The molecule has 23 heavy (non-hydrogen) atoms. The predicted molar refractivity (Wildman–Crippen MR) is 91.0 cm³/mol. The van der Waals surface area contributed by atoms with Crippen LogP contribution in [0.3, 0.4) is 0 Å². The molecule has 0 radical (unpaired) electrons. The van der Waals surface area contributed by atoms with E-state index in [-0.39, 0.29) is 0 Å². The molecule has 0 N–H and O–H groups in total. The van der Waals surface area contributed by atoms with E-state index in [0.717, 1.165) is 31.9 Å². The van der Waals surface area contributed by atoms with Gasteiger partial charge < -0.3 is 0 Å². The van der Waals surface area contributed by atoms with Gasteiger partial charge in [-0.2, -0.15) is 0 Å². The summed E-state index contributed by atoms with van der Waals surface area (Å²) in [5.74, 6) is 1.53. The van der Waals surface area contributed by atoms with Crippen LogP contribution in [-0.2, 0) is 13.0 Å². The van der Waals surface area contributed by atoms with E-state index in [1.54, 1.807) is 0 Å². The Bertz CT molecular complexity index is 586. The monoisotopic (exact) mass is 313 g/mol. The van der Waals surface area contributed by atoms with Gasteiger partial charge in [0.2, 0.25) is 0 Å². The first-order valence-corrected chi connectivity index (χ1v) is 8.80. The minimum absolute atomic E-state index is 0.320. The highest BCUT2D eigenvalue weighted by Crippen LogP contribution is 2.29. The van der Waals surface area contributed by atoms with Crippen molar-refractivity contribution in [2.24, 2.45) is 5.92 Å². The summed E-state index contributed by atoms with van der Waals surface area (Å²) >= 11 is 0. The number of nitrogens with zero attached hydrogens (tertiary/aromatic N) is 5. The number of benzene rings is 1. The zero-order valence-corrected chi connectivity index (χ0v) is 14.2. The third-order valence-electron chi connectivity index (χ3n) is 4.69. The minimum atomic E-state index is 0.320. The van der Waals surface area contributed by atoms with E-state index in [2.05, 4.69) is 64.6 Å². The molecule has 1 aromatic heterocycles. The fourth-order valence-electron chi connectivity index (χ4n) is 3.54. The molecule has 1 saturated heterocycles. The van der Waals surface area contributed by atoms with Crippen molar-refractivity contribution in [2.45, 2.75) is 52.1 Å². The normalized spacial score (nSPS) is 17.5. The summed E-state index contributed by atoms with van der Waals surface area (Å²) in [6, 6.07) is 10.9. The van der Waals surface area contributed by atoms with Gasteiger partial charge in [0.15, 0.2) is 5.82 Å². The van der Waals surface area contributed by atoms with Crippen molar-refractivity contribution in [2.75, 3.05) is 13.1 Å². The molecular formula is C18H27N5. The number of likely N-dealkylation sites (tertiary alicyclic amines) is 1. The van der Waals surface area contributed by atoms with E-state index in [0.29, 0.717) is 12.0 Å². The number of aryl methyl sites for hydroxylation is 2. The van der Waals surface area contributed by atoms with E-state index in [4.69, 9.17) is 0 Å². The second-order valence-electron chi connectivity index (χ2n) is 6.78. The van der Waals surface area contributed by atoms with E-state index in [9.17, 15) is 0 Å². The SMILES string of the molecule is CC(C)C(c1nnnn1CCc1ccccc1)N1CCCCC1. The molecule has 1 unspecified atom stereocenters. The van der Waals surface area contributed by atoms with Gasteiger partial charge >= 0.3 is 0 Å². The zero-order chi connectivity index (χ0) is 16.1. The van der Waals surface area contributed by atoms with Gasteiger partial charge in [-0.05, 0) is 54.3 Å². The van der Waals surface area contributed by atoms with Crippen molar-refractivity contribution in [1.82, 2.24) is 25.1 Å². The van der Waals surface area contributed by atoms with E-state index >= 15 is 0 Å². The van der Waals surface area contributed by atoms with Crippen molar-refractivity contribution < 1.29 is 0 Å². The molecule has 1 aromatic carbocycles. The fraction of sp³-hybridized carbons (Fsp3) is 0.611. The van der Waals surface area contributed by atoms with Crippen LogP contribution < -0.4 is 0 Å². The quantitative estimate of drug-likeness (QED) is 0.822. The molecule has 0 spiro atoms. The third kappa shape index (κ3) is 3.96. The third-order valence-corrected chi connectivity index (χ3v) is 4.69. The van der Waals surface area contributed by atoms with Crippen LogP contribution in [0.15, 0.2) is 30.3 Å². The lowest BCUT2D eigenvalue weighted by molar-refractivity contribution is 0.118. The molecule has 0 aliphatic carbocycles. The maximum absolute atomic E-state index is 4.39. The van der Waals surface area contributed by atoms with Gasteiger partial charge in [0.05, 0.1) is 6.04 Å². The average molecular weight is 313 g/mol. The van der Waals surface area contributed by atoms with Crippen LogP contribution in [0.2, 0.25) is 0 Å². The molecule has 1 fully saturated rings. The Balaban J connectivity index is 1.74. The molecule has 0 bridgehead atoms. The molecule has 1 aliphatic rings. The summed E-state index contributed by atoms with van der Waals surface area (Å²) in [6.45, 7) is 7.71. The number of piperidine rings is 1. The molecule has 5 heteroatoms. The second-order valence-corrected chi connectivity index (χ2v) is 6.78. The number of hydrogen-bond donors (Lipinski definition) is 0. The average Bonchev–Trinajstić information content (AvgIpc) is 3.03. The second kappa shape index (κ2) is 7.68. The van der Waals surface area contributed by atoms with Crippen molar-refractivity contribution >= 4 is 0 Å². The molecule has 2 aromatic rings. The highest BCUT2D eigenvalue weighted by Gasteiger charge is 2.29. The number of hydrogen-bond acceptors (Lipinski definition) is 4. The lowest BCUT2D eigenvalue weighted by atomic mass is 9.98. The lowest BCUT2D eigenvalue weighted by Gasteiger charge is -2.36. The van der Waals surface area contributed by atoms with Gasteiger partial charge in [0.25, 0.3) is 0 Å². The molecule has 0 saturated carbocycles. The summed E-state index contributed by atoms with van der Waals surface area (Å²) in [5.41, 5.74) is 1.33. The van der Waals surface area contributed by atoms with Gasteiger partial charge in [0, 0.05) is 6.54 Å². The molecule has 2 heterocycles. The summed E-state index contributed by atoms with van der Waals surface area (Å²) < 4.78 is 2.01. The number of aromatic nitrogens is 4. The van der Waals surface area contributed by atoms with Gasteiger partial charge in [0.1, 0.15) is 0 Å². The Hall–Kier alpha value is -1.75. The maximum atomic E-state index is 4.39. The molecule has 1 atom stereocenters. The van der Waals surface area contributed by atoms with Crippen molar-refractivity contribution in [1.29, 1.82) is 0 Å². The van der Waals surface area contributed by atoms with E-state index in [1.165, 1.54) is 24.8 Å². The van der Waals surface area contributed by atoms with Crippen LogP contribution in [0.5, 0.6) is 0 Å². The Morgan fingerprint density at radius 3 is 2.48 bits per heavy atom. The minimum Gasteiger partial charge on any atom is -0.293 e. The molecule has 0 amide bonds. The summed E-state index contributed by atoms with van der Waals surface area (Å²) in [6.07, 6.45) is 4.88. The largest absolute Gasteiger partial charge is 0.293 e. The Kier molecular flexibility index (Phi) is 5.39. The number of tetrazole rings is 1. The first-order chi connectivity index (χ1) is 11.3. The molecule has 1 aliphatic heterocycles. The fourth-order valence-corrected chi connectivity index (χ4v) is 3.54. The Labute approximate surface area is 138 Å². The first-order valence-electron chi connectivity index (χ1n) is 8.80. The Morgan fingerprint density at radius 1 is 1.04 bits per heavy atom. The van der Waals surface area contributed by atoms with Crippen LogP contribution >= 0.6 is 0 Å². The summed E-state index contributed by atoms with van der Waals surface area (Å²) in [4.78, 5) is 2.57. The standard InChI is InChI=1S/C18H27N5/c1-15(2)17(22-12-7-4-8-13-22)18-19-20-21-23(18)14-11-16-9-5-3-6-10-16/h3,5-6,9-10,15,17H,4,7-8,11-14H2,1-2H3. The topological polar surface area (TPSA) is 46.8 Å². The van der Waals surface area contributed by atoms with Gasteiger partial charge in [-0.25, -0.2) is 4.68 Å². The first kappa shape index (κ1) is 16.1. The maximum Gasteiger partial charge on any atom is 0.168 e. The van der Waals surface area contributed by atoms with Crippen LogP contribution in [0.1, 0.15) is 50.5 Å². The summed E-state index contributed by atoms with van der Waals surface area (Å²) in [7, 11) is 0. The van der Waals surface area contributed by atoms with Gasteiger partial charge in [-0.1, -0.05) is 50.6 Å². The van der Waals surface area contributed by atoms with Crippen molar-refractivity contribution in [3.8, 4) is 0 Å². The van der Waals surface area contributed by atoms with Crippen molar-refractivity contribution in [3.05, 3.63) is 41.7 Å². The predicted octanol–water partition coefficient (Wildman–Crippen LogP) is 3.10. The Morgan fingerprint density at radius 2 is 1.78 bits per heavy atom. The van der Waals surface area contributed by atoms with Gasteiger partial charge in [-0.3, -0.25) is 4.90 Å². The number of rotatable bonds is 6. The highest BCUT2D eigenvalue weighted by atomic mass is 15.5. The molecule has 5 nitrogen and oxygen atoms in total. The lowest BCUT2D eigenvalue weighted by Crippen LogP contribution is -2.38. The van der Waals surface area contributed by atoms with Gasteiger partial charge in [-0.15, -0.1) is 5.10 Å². The zero-order valence-electron chi connectivity index (χ0n) is 14.2. The van der Waals surface area contributed by atoms with Crippen molar-refractivity contribution in [3.63, 3.8) is 0 Å². The van der Waals surface area contributed by atoms with Crippen LogP contribution in [0.25, 0.3) is 0 Å². The van der Waals surface area contributed by atoms with Crippen LogP contribution in [-0.4, -0.2) is 38.2 Å². The van der Waals surface area contributed by atoms with Crippen LogP contribution in [0.4, 0.5) is 0 Å². The van der Waals surface area contributed by atoms with E-state index < -0.39 is 0 Å². The molecule has 3 rings (SSSR count).